The first-order chi connectivity index (χ1) is 12.2. The normalized spacial score (nSPS) is 20.2. The SMILES string of the molecule is O=C1OC2(Oc3c(cccc3-c3ccccc3)C2=O)c2ccccc21. The number of hydrogen-bond donors (Lipinski definition) is 0. The fourth-order valence-corrected chi connectivity index (χ4v) is 3.47. The molecular formula is C21H12O4. The molecule has 1 atom stereocenters. The molecule has 120 valence electrons. The molecule has 4 heteroatoms. The first-order valence-electron chi connectivity index (χ1n) is 7.96. The highest BCUT2D eigenvalue weighted by Crippen LogP contribution is 2.50. The van der Waals surface area contributed by atoms with Crippen LogP contribution in [0, 0.1) is 0 Å². The van der Waals surface area contributed by atoms with Crippen molar-refractivity contribution in [3.8, 4) is 16.9 Å². The summed E-state index contributed by atoms with van der Waals surface area (Å²) >= 11 is 0. The molecule has 0 bridgehead atoms. The van der Waals surface area contributed by atoms with Crippen molar-refractivity contribution in [2.45, 2.75) is 5.79 Å². The van der Waals surface area contributed by atoms with Gasteiger partial charge in [-0.25, -0.2) is 4.79 Å². The zero-order chi connectivity index (χ0) is 17.0. The number of benzene rings is 3. The second kappa shape index (κ2) is 4.80. The Morgan fingerprint density at radius 2 is 1.32 bits per heavy atom. The average molecular weight is 328 g/mol. The van der Waals surface area contributed by atoms with Crippen molar-refractivity contribution >= 4 is 11.8 Å². The van der Waals surface area contributed by atoms with Crippen molar-refractivity contribution in [1.29, 1.82) is 0 Å². The van der Waals surface area contributed by atoms with Gasteiger partial charge in [-0.15, -0.1) is 0 Å². The van der Waals surface area contributed by atoms with E-state index in [9.17, 15) is 9.59 Å². The van der Waals surface area contributed by atoms with E-state index in [4.69, 9.17) is 9.47 Å². The summed E-state index contributed by atoms with van der Waals surface area (Å²) in [6.45, 7) is 0. The Labute approximate surface area is 143 Å². The first kappa shape index (κ1) is 14.0. The van der Waals surface area contributed by atoms with Gasteiger partial charge >= 0.3 is 11.8 Å². The molecule has 0 saturated carbocycles. The molecule has 0 saturated heterocycles. The third-order valence-electron chi connectivity index (χ3n) is 4.63. The lowest BCUT2D eigenvalue weighted by molar-refractivity contribution is -0.0976. The highest BCUT2D eigenvalue weighted by molar-refractivity contribution is 6.13. The molecule has 0 aromatic heterocycles. The molecule has 2 heterocycles. The van der Waals surface area contributed by atoms with Crippen LogP contribution in [0.1, 0.15) is 26.3 Å². The Hall–Kier alpha value is -3.40. The van der Waals surface area contributed by atoms with Gasteiger partial charge in [-0.1, -0.05) is 54.6 Å². The summed E-state index contributed by atoms with van der Waals surface area (Å²) in [6.07, 6.45) is 0. The van der Waals surface area contributed by atoms with E-state index < -0.39 is 11.8 Å². The lowest BCUT2D eigenvalue weighted by Gasteiger charge is -2.21. The maximum absolute atomic E-state index is 13.1. The van der Waals surface area contributed by atoms with Gasteiger partial charge in [0.25, 0.3) is 5.78 Å². The van der Waals surface area contributed by atoms with E-state index in [-0.39, 0.29) is 5.78 Å². The summed E-state index contributed by atoms with van der Waals surface area (Å²) in [5.74, 6) is -2.15. The number of carbonyl (C=O) groups excluding carboxylic acids is 2. The van der Waals surface area contributed by atoms with E-state index in [0.29, 0.717) is 22.4 Å². The lowest BCUT2D eigenvalue weighted by atomic mass is 9.95. The van der Waals surface area contributed by atoms with Crippen LogP contribution in [-0.2, 0) is 10.5 Å². The van der Waals surface area contributed by atoms with Crippen LogP contribution >= 0.6 is 0 Å². The summed E-state index contributed by atoms with van der Waals surface area (Å²) in [5, 5.41) is 0. The second-order valence-corrected chi connectivity index (χ2v) is 6.03. The minimum atomic E-state index is -1.71. The van der Waals surface area contributed by atoms with Crippen molar-refractivity contribution < 1.29 is 19.1 Å². The molecule has 1 spiro atoms. The molecule has 25 heavy (non-hydrogen) atoms. The monoisotopic (exact) mass is 328 g/mol. The standard InChI is InChI=1S/C21H12O4/c22-19-16-11-6-10-14(13-7-2-1-3-8-13)18(16)24-21(19)17-12-5-4-9-15(17)20(23)25-21/h1-12H. The highest BCUT2D eigenvalue weighted by Gasteiger charge is 2.59. The summed E-state index contributed by atoms with van der Waals surface area (Å²) in [5.41, 5.74) is 2.97. The number of fused-ring (bicyclic) bond motifs is 3. The van der Waals surface area contributed by atoms with Gasteiger partial charge in [-0.3, -0.25) is 4.79 Å². The average Bonchev–Trinajstić information content (AvgIpc) is 3.11. The molecular weight excluding hydrogens is 316 g/mol. The fourth-order valence-electron chi connectivity index (χ4n) is 3.47. The summed E-state index contributed by atoms with van der Waals surface area (Å²) < 4.78 is 11.5. The Morgan fingerprint density at radius 3 is 2.16 bits per heavy atom. The lowest BCUT2D eigenvalue weighted by Crippen LogP contribution is -2.37. The number of carbonyl (C=O) groups is 2. The molecule has 2 aliphatic rings. The third-order valence-corrected chi connectivity index (χ3v) is 4.63. The van der Waals surface area contributed by atoms with Crippen molar-refractivity contribution in [3.63, 3.8) is 0 Å². The van der Waals surface area contributed by atoms with Crippen LogP contribution < -0.4 is 4.74 Å². The molecule has 0 aliphatic carbocycles. The van der Waals surface area contributed by atoms with Gasteiger partial charge in [0.05, 0.1) is 16.7 Å². The fraction of sp³-hybridized carbons (Fsp3) is 0.0476. The molecule has 4 nitrogen and oxygen atoms in total. The maximum Gasteiger partial charge on any atom is 0.347 e. The van der Waals surface area contributed by atoms with Crippen molar-refractivity contribution in [2.24, 2.45) is 0 Å². The van der Waals surface area contributed by atoms with Crippen molar-refractivity contribution in [3.05, 3.63) is 89.5 Å². The summed E-state index contributed by atoms with van der Waals surface area (Å²) in [6, 6.07) is 21.9. The van der Waals surface area contributed by atoms with Crippen LogP contribution in [-0.4, -0.2) is 11.8 Å². The molecule has 1 unspecified atom stereocenters. The zero-order valence-corrected chi connectivity index (χ0v) is 13.1. The van der Waals surface area contributed by atoms with Gasteiger partial charge in [0.1, 0.15) is 5.75 Å². The van der Waals surface area contributed by atoms with Gasteiger partial charge in [-0.2, -0.15) is 0 Å². The molecule has 3 aromatic carbocycles. The van der Waals surface area contributed by atoms with E-state index in [1.54, 1.807) is 30.3 Å². The molecule has 0 fully saturated rings. The first-order valence-corrected chi connectivity index (χ1v) is 7.96. The topological polar surface area (TPSA) is 52.6 Å². The Bertz CT molecular complexity index is 1040. The van der Waals surface area contributed by atoms with Crippen molar-refractivity contribution in [1.82, 2.24) is 0 Å². The number of Topliss-reactive ketones (excluding diaryl/α,β-unsaturated/α-hetero) is 1. The summed E-state index contributed by atoms with van der Waals surface area (Å²) in [4.78, 5) is 25.3. The maximum atomic E-state index is 13.1. The largest absolute Gasteiger partial charge is 0.440 e. The Morgan fingerprint density at radius 1 is 0.640 bits per heavy atom. The predicted octanol–water partition coefficient (Wildman–Crippen LogP) is 3.95. The quantitative estimate of drug-likeness (QED) is 0.635. The smallest absolute Gasteiger partial charge is 0.347 e. The highest BCUT2D eigenvalue weighted by atomic mass is 16.7. The Balaban J connectivity index is 1.72. The van der Waals surface area contributed by atoms with Crippen LogP contribution in [0.5, 0.6) is 5.75 Å². The van der Waals surface area contributed by atoms with Crippen LogP contribution in [0.2, 0.25) is 0 Å². The summed E-state index contributed by atoms with van der Waals surface area (Å²) in [7, 11) is 0. The number of rotatable bonds is 1. The minimum Gasteiger partial charge on any atom is -0.440 e. The van der Waals surface area contributed by atoms with E-state index in [0.717, 1.165) is 11.1 Å². The van der Waals surface area contributed by atoms with E-state index >= 15 is 0 Å². The Kier molecular flexibility index (Phi) is 2.69. The van der Waals surface area contributed by atoms with E-state index in [1.807, 2.05) is 42.5 Å². The van der Waals surface area contributed by atoms with Crippen molar-refractivity contribution in [2.75, 3.05) is 0 Å². The van der Waals surface area contributed by atoms with Crippen LogP contribution in [0.3, 0.4) is 0 Å². The van der Waals surface area contributed by atoms with E-state index in [2.05, 4.69) is 0 Å². The third kappa shape index (κ3) is 1.76. The number of ether oxygens (including phenoxy) is 2. The minimum absolute atomic E-state index is 0.349. The van der Waals surface area contributed by atoms with Gasteiger partial charge < -0.3 is 9.47 Å². The van der Waals surface area contributed by atoms with Gasteiger partial charge in [0.15, 0.2) is 0 Å². The predicted molar refractivity (Wildman–Crippen MR) is 90.4 cm³/mol. The molecule has 0 radical (unpaired) electrons. The van der Waals surface area contributed by atoms with Gasteiger partial charge in [0, 0.05) is 5.56 Å². The number of esters is 1. The van der Waals surface area contributed by atoms with Crippen LogP contribution in [0.15, 0.2) is 72.8 Å². The molecule has 0 N–H and O–H groups in total. The molecule has 5 rings (SSSR count). The number of ketones is 1. The van der Waals surface area contributed by atoms with Crippen LogP contribution in [0.25, 0.3) is 11.1 Å². The zero-order valence-electron chi connectivity index (χ0n) is 13.1. The van der Waals surface area contributed by atoms with Crippen LogP contribution in [0.4, 0.5) is 0 Å². The second-order valence-electron chi connectivity index (χ2n) is 6.03. The molecule has 3 aromatic rings. The van der Waals surface area contributed by atoms with Gasteiger partial charge in [0.2, 0.25) is 0 Å². The van der Waals surface area contributed by atoms with E-state index in [1.165, 1.54) is 0 Å². The van der Waals surface area contributed by atoms with Gasteiger partial charge in [-0.05, 0) is 23.8 Å². The number of para-hydroxylation sites is 1. The number of hydrogen-bond acceptors (Lipinski definition) is 4. The molecule has 2 aliphatic heterocycles. The molecule has 0 amide bonds.